The van der Waals surface area contributed by atoms with Crippen molar-refractivity contribution in [1.29, 1.82) is 0 Å². The topological polar surface area (TPSA) is 24.5 Å². The fourth-order valence-electron chi connectivity index (χ4n) is 2.35. The first-order valence-corrected chi connectivity index (χ1v) is 6.37. The SMILES string of the molecule is COCCNC1CCN(Cc2ccccc2)C1. The van der Waals surface area contributed by atoms with Gasteiger partial charge in [0.25, 0.3) is 0 Å². The summed E-state index contributed by atoms with van der Waals surface area (Å²) < 4.78 is 5.05. The summed E-state index contributed by atoms with van der Waals surface area (Å²) in [6.45, 7) is 5.18. The number of hydrogen-bond donors (Lipinski definition) is 1. The number of nitrogens with one attached hydrogen (secondary N) is 1. The van der Waals surface area contributed by atoms with Gasteiger partial charge in [0.1, 0.15) is 0 Å². The smallest absolute Gasteiger partial charge is 0.0587 e. The van der Waals surface area contributed by atoms with Gasteiger partial charge in [0, 0.05) is 39.3 Å². The quantitative estimate of drug-likeness (QED) is 0.755. The molecule has 0 spiro atoms. The largest absolute Gasteiger partial charge is 0.383 e. The normalized spacial score (nSPS) is 20.9. The predicted octanol–water partition coefficient (Wildman–Crippen LogP) is 1.50. The summed E-state index contributed by atoms with van der Waals surface area (Å²) in [4.78, 5) is 2.51. The maximum absolute atomic E-state index is 5.05. The molecule has 1 aromatic carbocycles. The van der Waals surface area contributed by atoms with Crippen molar-refractivity contribution in [3.63, 3.8) is 0 Å². The van der Waals surface area contributed by atoms with Gasteiger partial charge < -0.3 is 10.1 Å². The van der Waals surface area contributed by atoms with Crippen LogP contribution in [0.3, 0.4) is 0 Å². The van der Waals surface area contributed by atoms with Gasteiger partial charge in [0.2, 0.25) is 0 Å². The van der Waals surface area contributed by atoms with Gasteiger partial charge in [-0.25, -0.2) is 0 Å². The minimum Gasteiger partial charge on any atom is -0.383 e. The highest BCUT2D eigenvalue weighted by Gasteiger charge is 2.21. The number of benzene rings is 1. The molecule has 1 heterocycles. The number of ether oxygens (including phenoxy) is 1. The average Bonchev–Trinajstić information content (AvgIpc) is 2.79. The van der Waals surface area contributed by atoms with Crippen molar-refractivity contribution in [1.82, 2.24) is 10.2 Å². The zero-order valence-electron chi connectivity index (χ0n) is 10.6. The Morgan fingerprint density at radius 1 is 1.35 bits per heavy atom. The number of rotatable bonds is 6. The molecule has 1 aliphatic heterocycles. The Balaban J connectivity index is 1.71. The van der Waals surface area contributed by atoms with Crippen LogP contribution >= 0.6 is 0 Å². The zero-order chi connectivity index (χ0) is 11.9. The van der Waals surface area contributed by atoms with Gasteiger partial charge in [0.05, 0.1) is 6.61 Å². The summed E-state index contributed by atoms with van der Waals surface area (Å²) in [5.74, 6) is 0. The standard InChI is InChI=1S/C14H22N2O/c1-17-10-8-15-14-7-9-16(12-14)11-13-5-3-2-4-6-13/h2-6,14-15H,7-12H2,1H3. The van der Waals surface area contributed by atoms with Crippen molar-refractivity contribution >= 4 is 0 Å². The zero-order valence-corrected chi connectivity index (χ0v) is 10.6. The number of likely N-dealkylation sites (tertiary alicyclic amines) is 1. The fourth-order valence-corrected chi connectivity index (χ4v) is 2.35. The van der Waals surface area contributed by atoms with E-state index in [0.29, 0.717) is 6.04 Å². The first-order chi connectivity index (χ1) is 8.38. The molecule has 17 heavy (non-hydrogen) atoms. The van der Waals surface area contributed by atoms with E-state index in [1.807, 2.05) is 0 Å². The van der Waals surface area contributed by atoms with Crippen LogP contribution in [0.5, 0.6) is 0 Å². The minimum atomic E-state index is 0.633. The second kappa shape index (κ2) is 6.74. The van der Waals surface area contributed by atoms with Crippen LogP contribution in [-0.2, 0) is 11.3 Å². The third kappa shape index (κ3) is 4.11. The summed E-state index contributed by atoms with van der Waals surface area (Å²) in [7, 11) is 1.75. The summed E-state index contributed by atoms with van der Waals surface area (Å²) in [5.41, 5.74) is 1.41. The third-order valence-electron chi connectivity index (χ3n) is 3.26. The van der Waals surface area contributed by atoms with Crippen molar-refractivity contribution in [2.45, 2.75) is 19.0 Å². The highest BCUT2D eigenvalue weighted by atomic mass is 16.5. The van der Waals surface area contributed by atoms with E-state index in [2.05, 4.69) is 40.5 Å². The van der Waals surface area contributed by atoms with E-state index in [0.717, 1.165) is 26.2 Å². The van der Waals surface area contributed by atoms with Crippen LogP contribution in [0.25, 0.3) is 0 Å². The Bertz CT molecular complexity index is 315. The van der Waals surface area contributed by atoms with E-state index < -0.39 is 0 Å². The van der Waals surface area contributed by atoms with Crippen molar-refractivity contribution in [3.8, 4) is 0 Å². The Labute approximate surface area is 104 Å². The molecule has 1 saturated heterocycles. The van der Waals surface area contributed by atoms with Gasteiger partial charge in [-0.05, 0) is 12.0 Å². The molecule has 0 radical (unpaired) electrons. The van der Waals surface area contributed by atoms with Crippen LogP contribution in [0.2, 0.25) is 0 Å². The molecule has 94 valence electrons. The van der Waals surface area contributed by atoms with Crippen LogP contribution < -0.4 is 5.32 Å². The molecule has 1 atom stereocenters. The molecule has 0 saturated carbocycles. The lowest BCUT2D eigenvalue weighted by molar-refractivity contribution is 0.195. The summed E-state index contributed by atoms with van der Waals surface area (Å²) in [6, 6.07) is 11.3. The maximum atomic E-state index is 5.05. The highest BCUT2D eigenvalue weighted by molar-refractivity contribution is 5.14. The molecular weight excluding hydrogens is 212 g/mol. The first kappa shape index (κ1) is 12.6. The van der Waals surface area contributed by atoms with Crippen molar-refractivity contribution in [3.05, 3.63) is 35.9 Å². The lowest BCUT2D eigenvalue weighted by Gasteiger charge is -2.16. The molecule has 0 aromatic heterocycles. The minimum absolute atomic E-state index is 0.633. The summed E-state index contributed by atoms with van der Waals surface area (Å²) in [5, 5.41) is 3.53. The molecule has 0 aliphatic carbocycles. The Morgan fingerprint density at radius 3 is 2.94 bits per heavy atom. The molecule has 0 bridgehead atoms. The van der Waals surface area contributed by atoms with Crippen LogP contribution in [-0.4, -0.2) is 44.3 Å². The Kier molecular flexibility index (Phi) is 4.98. The van der Waals surface area contributed by atoms with Crippen molar-refractivity contribution in [2.75, 3.05) is 33.4 Å². The van der Waals surface area contributed by atoms with Crippen molar-refractivity contribution < 1.29 is 4.74 Å². The molecule has 0 amide bonds. The molecular formula is C14H22N2O. The van der Waals surface area contributed by atoms with Gasteiger partial charge in [0.15, 0.2) is 0 Å². The first-order valence-electron chi connectivity index (χ1n) is 6.37. The number of nitrogens with zero attached hydrogens (tertiary/aromatic N) is 1. The Hall–Kier alpha value is -0.900. The molecule has 1 N–H and O–H groups in total. The van der Waals surface area contributed by atoms with Gasteiger partial charge in [-0.3, -0.25) is 4.90 Å². The van der Waals surface area contributed by atoms with Crippen LogP contribution in [0.15, 0.2) is 30.3 Å². The van der Waals surface area contributed by atoms with Crippen LogP contribution in [0.1, 0.15) is 12.0 Å². The van der Waals surface area contributed by atoms with Crippen LogP contribution in [0, 0.1) is 0 Å². The van der Waals surface area contributed by atoms with Gasteiger partial charge in [-0.2, -0.15) is 0 Å². The molecule has 3 heteroatoms. The van der Waals surface area contributed by atoms with E-state index in [1.165, 1.54) is 18.5 Å². The molecule has 1 aromatic rings. The molecule has 1 unspecified atom stereocenters. The summed E-state index contributed by atoms with van der Waals surface area (Å²) in [6.07, 6.45) is 1.25. The number of hydrogen-bond acceptors (Lipinski definition) is 3. The van der Waals surface area contributed by atoms with E-state index in [1.54, 1.807) is 7.11 Å². The third-order valence-corrected chi connectivity index (χ3v) is 3.26. The summed E-state index contributed by atoms with van der Waals surface area (Å²) >= 11 is 0. The Morgan fingerprint density at radius 2 is 2.18 bits per heavy atom. The maximum Gasteiger partial charge on any atom is 0.0587 e. The second-order valence-corrected chi connectivity index (χ2v) is 4.65. The molecule has 1 aliphatic rings. The number of methoxy groups -OCH3 is 1. The molecule has 2 rings (SSSR count). The molecule has 1 fully saturated rings. The molecule has 3 nitrogen and oxygen atoms in total. The van der Waals surface area contributed by atoms with Gasteiger partial charge >= 0.3 is 0 Å². The fraction of sp³-hybridized carbons (Fsp3) is 0.571. The van der Waals surface area contributed by atoms with E-state index in [4.69, 9.17) is 4.74 Å². The van der Waals surface area contributed by atoms with Crippen molar-refractivity contribution in [2.24, 2.45) is 0 Å². The monoisotopic (exact) mass is 234 g/mol. The average molecular weight is 234 g/mol. The second-order valence-electron chi connectivity index (χ2n) is 4.65. The van der Waals surface area contributed by atoms with Gasteiger partial charge in [-0.1, -0.05) is 30.3 Å². The van der Waals surface area contributed by atoms with Crippen LogP contribution in [0.4, 0.5) is 0 Å². The van der Waals surface area contributed by atoms with E-state index in [9.17, 15) is 0 Å². The van der Waals surface area contributed by atoms with E-state index >= 15 is 0 Å². The lowest BCUT2D eigenvalue weighted by Crippen LogP contribution is -2.34. The van der Waals surface area contributed by atoms with Gasteiger partial charge in [-0.15, -0.1) is 0 Å². The predicted molar refractivity (Wildman–Crippen MR) is 70.0 cm³/mol. The van der Waals surface area contributed by atoms with E-state index in [-0.39, 0.29) is 0 Å². The lowest BCUT2D eigenvalue weighted by atomic mass is 10.2. The highest BCUT2D eigenvalue weighted by Crippen LogP contribution is 2.13.